The Morgan fingerprint density at radius 1 is 0.867 bits per heavy atom. The first-order chi connectivity index (χ1) is 14.4. The van der Waals surface area contributed by atoms with E-state index in [2.05, 4.69) is 99.0 Å². The van der Waals surface area contributed by atoms with Gasteiger partial charge in [0, 0.05) is 11.3 Å². The molecule has 1 saturated heterocycles. The van der Waals surface area contributed by atoms with Gasteiger partial charge in [-0.1, -0.05) is 68.4 Å². The largest absolute Gasteiger partial charge is 0.426 e. The highest BCUT2D eigenvalue weighted by Crippen LogP contribution is 2.45. The lowest BCUT2D eigenvalue weighted by Gasteiger charge is -2.34. The van der Waals surface area contributed by atoms with Crippen molar-refractivity contribution in [1.82, 2.24) is 9.55 Å². The number of fused-ring (bicyclic) bond motifs is 1. The van der Waals surface area contributed by atoms with Crippen LogP contribution in [-0.2, 0) is 4.65 Å². The van der Waals surface area contributed by atoms with Gasteiger partial charge in [0.2, 0.25) is 0 Å². The number of hydrogen-bond donors (Lipinski definition) is 0. The summed E-state index contributed by atoms with van der Waals surface area (Å²) in [6.07, 6.45) is 1.01. The van der Waals surface area contributed by atoms with Crippen LogP contribution in [0.4, 0.5) is 0 Å². The molecule has 3 nitrogen and oxygen atoms in total. The van der Waals surface area contributed by atoms with E-state index in [4.69, 9.17) is 9.64 Å². The lowest BCUT2D eigenvalue weighted by atomic mass is 9.54. The average Bonchev–Trinajstić information content (AvgIpc) is 3.23. The molecule has 1 fully saturated rings. The van der Waals surface area contributed by atoms with Crippen LogP contribution >= 0.6 is 0 Å². The minimum Gasteiger partial charge on any atom is -0.426 e. The maximum absolute atomic E-state index is 6.49. The molecule has 1 aliphatic heterocycles. The van der Waals surface area contributed by atoms with E-state index in [-0.39, 0.29) is 17.9 Å². The van der Waals surface area contributed by atoms with E-state index >= 15 is 0 Å². The standard InChI is InChI=1S/C26H27BN2O/c1-25(2)18-27(30-26(25,3)4)20-12-10-11-19(17-20)24-28-22-15-8-9-16-23(22)29(24)21-13-6-5-7-14-21/h5-17H,18H2,1-4H3. The van der Waals surface area contributed by atoms with Crippen LogP contribution in [0.25, 0.3) is 28.1 Å². The van der Waals surface area contributed by atoms with Crippen molar-refractivity contribution in [2.24, 2.45) is 5.41 Å². The maximum atomic E-state index is 6.49. The van der Waals surface area contributed by atoms with Crippen molar-refractivity contribution in [3.8, 4) is 17.1 Å². The number of benzene rings is 3. The van der Waals surface area contributed by atoms with E-state index in [0.29, 0.717) is 0 Å². The van der Waals surface area contributed by atoms with Gasteiger partial charge in [-0.2, -0.15) is 0 Å². The molecule has 150 valence electrons. The quantitative estimate of drug-likeness (QED) is 0.415. The molecule has 4 aromatic rings. The summed E-state index contributed by atoms with van der Waals surface area (Å²) in [5, 5.41) is 0. The maximum Gasteiger partial charge on any atom is 0.327 e. The average molecular weight is 394 g/mol. The fourth-order valence-corrected chi connectivity index (χ4v) is 4.39. The van der Waals surface area contributed by atoms with Crippen LogP contribution in [-0.4, -0.2) is 22.1 Å². The molecule has 0 radical (unpaired) electrons. The summed E-state index contributed by atoms with van der Waals surface area (Å²) in [5.74, 6) is 0.959. The zero-order chi connectivity index (χ0) is 20.9. The molecule has 0 spiro atoms. The van der Waals surface area contributed by atoms with Crippen molar-refractivity contribution in [3.63, 3.8) is 0 Å². The monoisotopic (exact) mass is 394 g/mol. The molecule has 0 atom stereocenters. The van der Waals surface area contributed by atoms with Crippen molar-refractivity contribution >= 4 is 23.4 Å². The third kappa shape index (κ3) is 3.07. The summed E-state index contributed by atoms with van der Waals surface area (Å²) in [5.41, 5.74) is 5.54. The van der Waals surface area contributed by atoms with Gasteiger partial charge in [-0.25, -0.2) is 4.98 Å². The first-order valence-corrected chi connectivity index (χ1v) is 10.7. The fourth-order valence-electron chi connectivity index (χ4n) is 4.39. The smallest absolute Gasteiger partial charge is 0.327 e. The normalized spacial score (nSPS) is 17.5. The molecular formula is C26H27BN2O. The van der Waals surface area contributed by atoms with Crippen molar-refractivity contribution in [1.29, 1.82) is 0 Å². The molecule has 0 amide bonds. The molecule has 30 heavy (non-hydrogen) atoms. The Bertz CT molecular complexity index is 1190. The Balaban J connectivity index is 1.63. The number of rotatable bonds is 3. The minimum atomic E-state index is -0.148. The molecule has 0 aliphatic carbocycles. The number of nitrogens with zero attached hydrogens (tertiary/aromatic N) is 2. The summed E-state index contributed by atoms with van der Waals surface area (Å²) in [6.45, 7) is 9.10. The van der Waals surface area contributed by atoms with Crippen LogP contribution < -0.4 is 5.46 Å². The third-order valence-corrected chi connectivity index (χ3v) is 6.85. The summed E-state index contributed by atoms with van der Waals surface area (Å²) in [6, 6.07) is 27.5. The van der Waals surface area contributed by atoms with Crippen LogP contribution in [0, 0.1) is 5.41 Å². The van der Waals surface area contributed by atoms with Gasteiger partial charge >= 0.3 is 6.92 Å². The molecule has 0 saturated carbocycles. The zero-order valence-corrected chi connectivity index (χ0v) is 18.1. The zero-order valence-electron chi connectivity index (χ0n) is 18.1. The fraction of sp³-hybridized carbons (Fsp3) is 0.269. The van der Waals surface area contributed by atoms with Crippen molar-refractivity contribution < 1.29 is 4.65 Å². The lowest BCUT2D eigenvalue weighted by Crippen LogP contribution is -2.36. The van der Waals surface area contributed by atoms with Gasteiger partial charge in [0.15, 0.2) is 0 Å². The second-order valence-electron chi connectivity index (χ2n) is 9.43. The van der Waals surface area contributed by atoms with Gasteiger partial charge in [0.05, 0.1) is 16.6 Å². The van der Waals surface area contributed by atoms with E-state index < -0.39 is 0 Å². The highest BCUT2D eigenvalue weighted by atomic mass is 16.5. The van der Waals surface area contributed by atoms with E-state index in [1.807, 2.05) is 12.1 Å². The molecule has 0 N–H and O–H groups in total. The Labute approximate surface area is 178 Å². The summed E-state index contributed by atoms with van der Waals surface area (Å²) >= 11 is 0. The molecule has 0 unspecified atom stereocenters. The first-order valence-electron chi connectivity index (χ1n) is 10.7. The SMILES string of the molecule is CC1(C)CB(c2cccc(-c3nc4ccccc4n3-c3ccccc3)c2)OC1(C)C. The third-order valence-electron chi connectivity index (χ3n) is 6.85. The molecule has 0 bridgehead atoms. The van der Waals surface area contributed by atoms with Gasteiger partial charge in [0.25, 0.3) is 0 Å². The van der Waals surface area contributed by atoms with Gasteiger partial charge in [-0.15, -0.1) is 0 Å². The predicted octanol–water partition coefficient (Wildman–Crippen LogP) is 5.73. The Morgan fingerprint density at radius 3 is 2.33 bits per heavy atom. The van der Waals surface area contributed by atoms with E-state index in [1.54, 1.807) is 0 Å². The van der Waals surface area contributed by atoms with Crippen LogP contribution in [0.1, 0.15) is 27.7 Å². The minimum absolute atomic E-state index is 0.101. The Kier molecular flexibility index (Phi) is 4.37. The molecule has 1 aliphatic rings. The van der Waals surface area contributed by atoms with E-state index in [1.165, 1.54) is 5.46 Å². The van der Waals surface area contributed by atoms with Gasteiger partial charge in [-0.05, 0) is 55.3 Å². The van der Waals surface area contributed by atoms with Gasteiger partial charge < -0.3 is 4.65 Å². The summed E-state index contributed by atoms with van der Waals surface area (Å²) in [7, 11) is 0. The Morgan fingerprint density at radius 2 is 1.60 bits per heavy atom. The molecule has 5 rings (SSSR count). The second kappa shape index (κ2) is 6.85. The van der Waals surface area contributed by atoms with E-state index in [9.17, 15) is 0 Å². The molecular weight excluding hydrogens is 367 g/mol. The lowest BCUT2D eigenvalue weighted by molar-refractivity contribution is 0.0375. The first kappa shape index (κ1) is 19.1. The predicted molar refractivity (Wildman–Crippen MR) is 126 cm³/mol. The van der Waals surface area contributed by atoms with Crippen LogP contribution in [0.3, 0.4) is 0 Å². The van der Waals surface area contributed by atoms with Crippen LogP contribution in [0.15, 0.2) is 78.9 Å². The number of aromatic nitrogens is 2. The molecule has 1 aromatic heterocycles. The topological polar surface area (TPSA) is 27.1 Å². The van der Waals surface area contributed by atoms with Gasteiger partial charge in [0.1, 0.15) is 5.82 Å². The number of hydrogen-bond acceptors (Lipinski definition) is 2. The van der Waals surface area contributed by atoms with Gasteiger partial charge in [-0.3, -0.25) is 4.57 Å². The van der Waals surface area contributed by atoms with Crippen molar-refractivity contribution in [2.75, 3.05) is 0 Å². The summed E-state index contributed by atoms with van der Waals surface area (Å²) in [4.78, 5) is 5.01. The number of imidazole rings is 1. The summed E-state index contributed by atoms with van der Waals surface area (Å²) < 4.78 is 8.74. The van der Waals surface area contributed by atoms with E-state index in [0.717, 1.165) is 34.4 Å². The number of para-hydroxylation sites is 3. The van der Waals surface area contributed by atoms with Crippen LogP contribution in [0.2, 0.25) is 6.32 Å². The van der Waals surface area contributed by atoms with Crippen molar-refractivity contribution in [2.45, 2.75) is 39.6 Å². The second-order valence-corrected chi connectivity index (χ2v) is 9.43. The molecule has 2 heterocycles. The van der Waals surface area contributed by atoms with Crippen LogP contribution in [0.5, 0.6) is 0 Å². The molecule has 4 heteroatoms. The van der Waals surface area contributed by atoms with Crippen molar-refractivity contribution in [3.05, 3.63) is 78.9 Å². The molecule has 3 aromatic carbocycles. The highest BCUT2D eigenvalue weighted by molar-refractivity contribution is 6.68. The highest BCUT2D eigenvalue weighted by Gasteiger charge is 2.49. The Hall–Kier alpha value is -2.85.